The van der Waals surface area contributed by atoms with Crippen molar-refractivity contribution < 1.29 is 0 Å². The minimum atomic E-state index is 0.855. The average Bonchev–Trinajstić information content (AvgIpc) is 2.87. The molecule has 102 valence electrons. The number of rotatable bonds is 2. The van der Waals surface area contributed by atoms with Gasteiger partial charge in [-0.2, -0.15) is 0 Å². The van der Waals surface area contributed by atoms with Crippen LogP contribution in [0.3, 0.4) is 0 Å². The second kappa shape index (κ2) is 5.01. The van der Waals surface area contributed by atoms with Gasteiger partial charge in [0.2, 0.25) is 0 Å². The summed E-state index contributed by atoms with van der Waals surface area (Å²) in [5.74, 6) is 0.855. The maximum absolute atomic E-state index is 4.35. The van der Waals surface area contributed by atoms with E-state index >= 15 is 0 Å². The molecule has 0 aliphatic heterocycles. The molecule has 0 radical (unpaired) electrons. The van der Waals surface area contributed by atoms with E-state index in [4.69, 9.17) is 0 Å². The molecule has 4 rings (SSSR count). The van der Waals surface area contributed by atoms with Crippen LogP contribution in [0.4, 0.5) is 11.5 Å². The first-order chi connectivity index (χ1) is 10.3. The van der Waals surface area contributed by atoms with E-state index in [9.17, 15) is 0 Å². The van der Waals surface area contributed by atoms with Gasteiger partial charge >= 0.3 is 0 Å². The van der Waals surface area contributed by atoms with Crippen LogP contribution in [-0.4, -0.2) is 4.98 Å². The first-order valence-corrected chi connectivity index (χ1v) is 7.69. The Morgan fingerprint density at radius 1 is 0.905 bits per heavy atom. The molecule has 0 atom stereocenters. The Hall–Kier alpha value is -2.13. The predicted molar refractivity (Wildman–Crippen MR) is 89.9 cm³/mol. The summed E-state index contributed by atoms with van der Waals surface area (Å²) in [6, 6.07) is 19.1. The van der Waals surface area contributed by atoms with E-state index in [0.717, 1.165) is 22.4 Å². The van der Waals surface area contributed by atoms with Gasteiger partial charge in [-0.3, -0.25) is 0 Å². The predicted octanol–water partition coefficient (Wildman–Crippen LogP) is 5.16. The zero-order valence-corrected chi connectivity index (χ0v) is 12.9. The second-order valence-corrected chi connectivity index (χ2v) is 6.11. The van der Waals surface area contributed by atoms with Crippen LogP contribution in [0.25, 0.3) is 11.1 Å². The van der Waals surface area contributed by atoms with Crippen molar-refractivity contribution in [3.8, 4) is 11.1 Å². The molecule has 1 heterocycles. The molecule has 3 heteroatoms. The highest BCUT2D eigenvalue weighted by atomic mass is 79.9. The molecule has 0 spiro atoms. The van der Waals surface area contributed by atoms with Crippen LogP contribution in [-0.2, 0) is 6.42 Å². The van der Waals surface area contributed by atoms with Gasteiger partial charge in [0.15, 0.2) is 0 Å². The Morgan fingerprint density at radius 3 is 2.62 bits per heavy atom. The molecule has 1 N–H and O–H groups in total. The van der Waals surface area contributed by atoms with Crippen molar-refractivity contribution in [3.63, 3.8) is 0 Å². The minimum Gasteiger partial charge on any atom is -0.340 e. The van der Waals surface area contributed by atoms with E-state index in [1.54, 1.807) is 6.20 Å². The van der Waals surface area contributed by atoms with Crippen molar-refractivity contribution in [1.82, 2.24) is 4.98 Å². The Balaban J connectivity index is 1.65. The summed E-state index contributed by atoms with van der Waals surface area (Å²) in [6.45, 7) is 0. The molecule has 0 bridgehead atoms. The third kappa shape index (κ3) is 2.34. The van der Waals surface area contributed by atoms with Crippen molar-refractivity contribution >= 4 is 27.4 Å². The number of benzene rings is 2. The monoisotopic (exact) mass is 336 g/mol. The summed E-state index contributed by atoms with van der Waals surface area (Å²) >= 11 is 3.40. The van der Waals surface area contributed by atoms with E-state index in [1.807, 2.05) is 12.1 Å². The van der Waals surface area contributed by atoms with E-state index < -0.39 is 0 Å². The number of halogens is 1. The van der Waals surface area contributed by atoms with E-state index in [-0.39, 0.29) is 0 Å². The SMILES string of the molecule is Brc1ccc(Nc2ccc3c(c2)Cc2ccccc2-3)nc1. The summed E-state index contributed by atoms with van der Waals surface area (Å²) in [6.07, 6.45) is 2.81. The fraction of sp³-hybridized carbons (Fsp3) is 0.0556. The fourth-order valence-corrected chi connectivity index (χ4v) is 3.06. The van der Waals surface area contributed by atoms with Crippen molar-refractivity contribution in [2.75, 3.05) is 5.32 Å². The zero-order chi connectivity index (χ0) is 14.2. The Bertz CT molecular complexity index is 810. The van der Waals surface area contributed by atoms with Crippen molar-refractivity contribution in [2.45, 2.75) is 6.42 Å². The van der Waals surface area contributed by atoms with Gasteiger partial charge in [-0.15, -0.1) is 0 Å². The van der Waals surface area contributed by atoms with Gasteiger partial charge in [-0.1, -0.05) is 30.3 Å². The van der Waals surface area contributed by atoms with Crippen LogP contribution >= 0.6 is 15.9 Å². The van der Waals surface area contributed by atoms with E-state index in [1.165, 1.54) is 22.3 Å². The van der Waals surface area contributed by atoms with E-state index in [0.29, 0.717) is 0 Å². The van der Waals surface area contributed by atoms with Crippen LogP contribution in [0.15, 0.2) is 65.3 Å². The van der Waals surface area contributed by atoms with Crippen LogP contribution in [0.2, 0.25) is 0 Å². The molecule has 1 aliphatic carbocycles. The second-order valence-electron chi connectivity index (χ2n) is 5.19. The first kappa shape index (κ1) is 12.6. The van der Waals surface area contributed by atoms with Gasteiger partial charge in [0, 0.05) is 16.4 Å². The standard InChI is InChI=1S/C18H13BrN2/c19-14-5-8-18(20-11-14)21-15-6-7-17-13(10-15)9-12-3-1-2-4-16(12)17/h1-8,10-11H,9H2,(H,20,21). The smallest absolute Gasteiger partial charge is 0.130 e. The number of hydrogen-bond acceptors (Lipinski definition) is 2. The van der Waals surface area contributed by atoms with Crippen LogP contribution in [0.5, 0.6) is 0 Å². The number of aromatic nitrogens is 1. The van der Waals surface area contributed by atoms with Gasteiger partial charge < -0.3 is 5.32 Å². The number of nitrogens with one attached hydrogen (secondary N) is 1. The van der Waals surface area contributed by atoms with Crippen molar-refractivity contribution in [3.05, 3.63) is 76.4 Å². The molecule has 0 saturated heterocycles. The quantitative estimate of drug-likeness (QED) is 0.547. The lowest BCUT2D eigenvalue weighted by Gasteiger charge is -2.08. The van der Waals surface area contributed by atoms with Crippen molar-refractivity contribution in [1.29, 1.82) is 0 Å². The summed E-state index contributed by atoms with van der Waals surface area (Å²) in [4.78, 5) is 4.35. The summed E-state index contributed by atoms with van der Waals surface area (Å²) in [5.41, 5.74) is 6.57. The third-order valence-electron chi connectivity index (χ3n) is 3.79. The van der Waals surface area contributed by atoms with Gasteiger partial charge in [0.05, 0.1) is 0 Å². The topological polar surface area (TPSA) is 24.9 Å². The average molecular weight is 337 g/mol. The highest BCUT2D eigenvalue weighted by Gasteiger charge is 2.17. The summed E-state index contributed by atoms with van der Waals surface area (Å²) in [7, 11) is 0. The molecule has 2 aromatic carbocycles. The van der Waals surface area contributed by atoms with Gasteiger partial charge in [-0.25, -0.2) is 4.98 Å². The molecule has 0 fully saturated rings. The van der Waals surface area contributed by atoms with Crippen LogP contribution in [0.1, 0.15) is 11.1 Å². The van der Waals surface area contributed by atoms with Gasteiger partial charge in [0.25, 0.3) is 0 Å². The normalized spacial score (nSPS) is 11.9. The molecule has 2 nitrogen and oxygen atoms in total. The summed E-state index contributed by atoms with van der Waals surface area (Å²) in [5, 5.41) is 3.36. The molecule has 1 aromatic heterocycles. The largest absolute Gasteiger partial charge is 0.340 e. The Morgan fingerprint density at radius 2 is 1.76 bits per heavy atom. The maximum atomic E-state index is 4.35. The highest BCUT2D eigenvalue weighted by Crippen LogP contribution is 2.37. The number of pyridine rings is 1. The lowest BCUT2D eigenvalue weighted by atomic mass is 10.1. The fourth-order valence-electron chi connectivity index (χ4n) is 2.82. The molecule has 0 amide bonds. The number of nitrogens with zero attached hydrogens (tertiary/aromatic N) is 1. The first-order valence-electron chi connectivity index (χ1n) is 6.89. The molecule has 3 aromatic rings. The van der Waals surface area contributed by atoms with Gasteiger partial charge in [0.1, 0.15) is 5.82 Å². The Labute approximate surface area is 132 Å². The molecule has 1 aliphatic rings. The number of anilines is 2. The van der Waals surface area contributed by atoms with Crippen LogP contribution in [0, 0.1) is 0 Å². The number of fused-ring (bicyclic) bond motifs is 3. The zero-order valence-electron chi connectivity index (χ0n) is 11.3. The van der Waals surface area contributed by atoms with Crippen LogP contribution < -0.4 is 5.32 Å². The minimum absolute atomic E-state index is 0.855. The Kier molecular flexibility index (Phi) is 3.00. The third-order valence-corrected chi connectivity index (χ3v) is 4.26. The highest BCUT2D eigenvalue weighted by molar-refractivity contribution is 9.10. The van der Waals surface area contributed by atoms with Crippen molar-refractivity contribution in [2.24, 2.45) is 0 Å². The number of hydrogen-bond donors (Lipinski definition) is 1. The van der Waals surface area contributed by atoms with Gasteiger partial charge in [-0.05, 0) is 68.9 Å². The molecule has 0 unspecified atom stereocenters. The summed E-state index contributed by atoms with van der Waals surface area (Å²) < 4.78 is 0.984. The molecular formula is C18H13BrN2. The molecule has 0 saturated carbocycles. The molecular weight excluding hydrogens is 324 g/mol. The lowest BCUT2D eigenvalue weighted by molar-refractivity contribution is 1.25. The van der Waals surface area contributed by atoms with E-state index in [2.05, 4.69) is 68.7 Å². The maximum Gasteiger partial charge on any atom is 0.130 e. The lowest BCUT2D eigenvalue weighted by Crippen LogP contribution is -1.94. The molecule has 21 heavy (non-hydrogen) atoms.